The van der Waals surface area contributed by atoms with Crippen molar-refractivity contribution in [3.63, 3.8) is 0 Å². The molecule has 13 rings (SSSR count). The van der Waals surface area contributed by atoms with Gasteiger partial charge in [0.25, 0.3) is 0 Å². The highest BCUT2D eigenvalue weighted by atomic mass is 16.8. The minimum atomic E-state index is -1.34. The number of aliphatic hydroxyl groups is 1. The first-order chi connectivity index (χ1) is 51.5. The van der Waals surface area contributed by atoms with Gasteiger partial charge >= 0.3 is 0 Å². The Bertz CT molecular complexity index is 3960. The molecule has 10 aromatic rings. The average Bonchev–Trinajstić information content (AvgIpc) is 0.764. The van der Waals surface area contributed by atoms with Gasteiger partial charge in [0, 0.05) is 0 Å². The van der Waals surface area contributed by atoms with E-state index in [4.69, 9.17) is 71.1 Å². The third-order valence-corrected chi connectivity index (χ3v) is 18.5. The summed E-state index contributed by atoms with van der Waals surface area (Å²) in [4.78, 5) is 0. The monoisotopic (exact) mass is 1400 g/mol. The van der Waals surface area contributed by atoms with E-state index in [0.717, 1.165) is 55.6 Å². The van der Waals surface area contributed by atoms with Crippen LogP contribution in [0, 0.1) is 0 Å². The van der Waals surface area contributed by atoms with E-state index in [2.05, 4.69) is 0 Å². The minimum Gasteiger partial charge on any atom is -0.387 e. The Morgan fingerprint density at radius 3 is 0.702 bits per heavy atom. The number of aliphatic hydroxyl groups excluding tert-OH is 1. The first-order valence-corrected chi connectivity index (χ1v) is 35.9. The number of ether oxygens (including phenoxy) is 15. The van der Waals surface area contributed by atoms with Crippen molar-refractivity contribution in [3.05, 3.63) is 359 Å². The fraction of sp³-hybridized carbons (Fsp3) is 0.318. The second kappa shape index (κ2) is 39.6. The molecule has 0 aliphatic carbocycles. The molecule has 15 atom stereocenters. The Kier molecular flexibility index (Phi) is 28.1. The van der Waals surface area contributed by atoms with Crippen LogP contribution in [0.2, 0.25) is 0 Å². The van der Waals surface area contributed by atoms with E-state index < -0.39 is 92.1 Å². The Balaban J connectivity index is 0.919. The van der Waals surface area contributed by atoms with Gasteiger partial charge in [0.1, 0.15) is 73.2 Å². The third-order valence-electron chi connectivity index (χ3n) is 18.5. The van der Waals surface area contributed by atoms with Gasteiger partial charge in [0.15, 0.2) is 18.9 Å². The summed E-state index contributed by atoms with van der Waals surface area (Å²) in [6.07, 6.45) is -16.1. The molecule has 16 nitrogen and oxygen atoms in total. The molecular formula is C88H92O16. The van der Waals surface area contributed by atoms with Crippen LogP contribution in [0.1, 0.15) is 55.6 Å². The zero-order valence-electron chi connectivity index (χ0n) is 58.3. The molecule has 0 aromatic heterocycles. The predicted molar refractivity (Wildman–Crippen MR) is 391 cm³/mol. The Labute approximate surface area is 610 Å². The largest absolute Gasteiger partial charge is 0.387 e. The molecule has 16 heteroatoms. The number of benzene rings is 10. The highest BCUT2D eigenvalue weighted by Crippen LogP contribution is 2.39. The first kappa shape index (κ1) is 73.9. The summed E-state index contributed by atoms with van der Waals surface area (Å²) in [5.74, 6) is 0. The van der Waals surface area contributed by atoms with Crippen LogP contribution in [-0.4, -0.2) is 117 Å². The zero-order valence-corrected chi connectivity index (χ0v) is 58.3. The standard InChI is InChI=1S/C88H92O16/c89-77-74(61-90-51-64-31-11-1-12-32-64)100-87(83(97-58-71-45-25-8-26-46-71)80(77)94-55-68-39-19-5-20-40-68)104-88-85(99-60-73-49-29-10-30-50-73)82(96-57-70-43-23-7-24-44-70)79(76(102-88)63-92-53-66-35-15-3-16-36-66)103-86-84(98-59-72-47-27-9-28-48-72)81(95-56-69-41-21-6-22-42-69)78(93-54-67-37-17-4-18-38-67)75(101-86)62-91-52-65-33-13-2-14-34-65/h1-50,74-89H,51-63H2/t74-,75-,76-,77-,78-,79-,80+,81+,82+,83-,84-,85-,86-,87-,88-/m1/s1. The van der Waals surface area contributed by atoms with Crippen molar-refractivity contribution in [1.82, 2.24) is 0 Å². The summed E-state index contributed by atoms with van der Waals surface area (Å²) >= 11 is 0. The first-order valence-electron chi connectivity index (χ1n) is 35.9. The van der Waals surface area contributed by atoms with E-state index in [1.165, 1.54) is 0 Å². The summed E-state index contributed by atoms with van der Waals surface area (Å²) < 4.78 is 108. The van der Waals surface area contributed by atoms with Crippen molar-refractivity contribution in [2.45, 2.75) is 158 Å². The lowest BCUT2D eigenvalue weighted by molar-refractivity contribution is -0.406. The lowest BCUT2D eigenvalue weighted by atomic mass is 9.95. The molecule has 0 saturated carbocycles. The SMILES string of the molecule is O[C@H]1[C@H](OCc2ccccc2)[C@@H](OCc2ccccc2)[C@@H](O[C@H]2O[C@H](COCc3ccccc3)[C@@H](O[C@H]3O[C@H](COCc4ccccc4)[C@@H](OCc4ccccc4)[C@H](OCc4ccccc4)[C@H]3OCc3ccccc3)[C@H](OCc3ccccc3)[C@H]2OCc2ccccc2)O[C@@H]1COCc1ccccc1. The molecule has 0 spiro atoms. The molecule has 1 N–H and O–H groups in total. The minimum absolute atomic E-state index is 0.0396. The predicted octanol–water partition coefficient (Wildman–Crippen LogP) is 14.7. The van der Waals surface area contributed by atoms with Gasteiger partial charge in [-0.3, -0.25) is 0 Å². The van der Waals surface area contributed by atoms with Gasteiger partial charge in [0.2, 0.25) is 0 Å². The van der Waals surface area contributed by atoms with Crippen LogP contribution in [0.3, 0.4) is 0 Å². The quantitative estimate of drug-likeness (QED) is 0.0392. The van der Waals surface area contributed by atoms with Crippen molar-refractivity contribution < 1.29 is 76.2 Å². The van der Waals surface area contributed by atoms with Crippen molar-refractivity contribution in [1.29, 1.82) is 0 Å². The van der Waals surface area contributed by atoms with Crippen LogP contribution in [0.5, 0.6) is 0 Å². The summed E-state index contributed by atoms with van der Waals surface area (Å²) in [7, 11) is 0. The number of hydrogen-bond donors (Lipinski definition) is 1. The molecule has 3 heterocycles. The molecule has 540 valence electrons. The van der Waals surface area contributed by atoms with E-state index in [-0.39, 0.29) is 79.3 Å². The molecule has 0 amide bonds. The van der Waals surface area contributed by atoms with E-state index in [9.17, 15) is 5.11 Å². The highest BCUT2D eigenvalue weighted by Gasteiger charge is 2.57. The molecule has 0 radical (unpaired) electrons. The van der Waals surface area contributed by atoms with Crippen LogP contribution < -0.4 is 0 Å². The summed E-state index contributed by atoms with van der Waals surface area (Å²) in [6.45, 7) is 1.72. The van der Waals surface area contributed by atoms with Crippen LogP contribution in [0.4, 0.5) is 0 Å². The lowest BCUT2D eigenvalue weighted by Gasteiger charge is -2.51. The molecule has 104 heavy (non-hydrogen) atoms. The molecule has 0 bridgehead atoms. The smallest absolute Gasteiger partial charge is 0.190 e. The average molecular weight is 1410 g/mol. The molecular weight excluding hydrogens is 1310 g/mol. The fourth-order valence-corrected chi connectivity index (χ4v) is 13.1. The van der Waals surface area contributed by atoms with Gasteiger partial charge in [0.05, 0.1) is 85.9 Å². The van der Waals surface area contributed by atoms with Crippen molar-refractivity contribution in [3.8, 4) is 0 Å². The van der Waals surface area contributed by atoms with E-state index in [1.807, 2.05) is 303 Å². The molecule has 3 aliphatic heterocycles. The normalized spacial score (nSPS) is 24.8. The van der Waals surface area contributed by atoms with Gasteiger partial charge in [-0.1, -0.05) is 303 Å². The zero-order chi connectivity index (χ0) is 70.6. The summed E-state index contributed by atoms with van der Waals surface area (Å²) in [5, 5.41) is 12.7. The lowest BCUT2D eigenvalue weighted by Crippen LogP contribution is -2.67. The molecule has 3 fully saturated rings. The molecule has 3 aliphatic rings. The van der Waals surface area contributed by atoms with Crippen LogP contribution in [0.25, 0.3) is 0 Å². The molecule has 10 aromatic carbocycles. The fourth-order valence-electron chi connectivity index (χ4n) is 13.1. The second-order valence-corrected chi connectivity index (χ2v) is 26.2. The maximum Gasteiger partial charge on any atom is 0.190 e. The Morgan fingerprint density at radius 1 is 0.202 bits per heavy atom. The molecule has 0 unspecified atom stereocenters. The van der Waals surface area contributed by atoms with Crippen molar-refractivity contribution in [2.75, 3.05) is 19.8 Å². The van der Waals surface area contributed by atoms with Gasteiger partial charge < -0.3 is 76.2 Å². The molecule has 3 saturated heterocycles. The van der Waals surface area contributed by atoms with Gasteiger partial charge in [-0.05, 0) is 55.6 Å². The number of hydrogen-bond acceptors (Lipinski definition) is 16. The van der Waals surface area contributed by atoms with Crippen LogP contribution >= 0.6 is 0 Å². The van der Waals surface area contributed by atoms with E-state index in [0.29, 0.717) is 6.61 Å². The maximum atomic E-state index is 12.7. The topological polar surface area (TPSA) is 159 Å². The highest BCUT2D eigenvalue weighted by molar-refractivity contribution is 5.21. The number of rotatable bonds is 37. The van der Waals surface area contributed by atoms with E-state index >= 15 is 0 Å². The summed E-state index contributed by atoms with van der Waals surface area (Å²) in [5.41, 5.74) is 9.20. The van der Waals surface area contributed by atoms with Gasteiger partial charge in [-0.2, -0.15) is 0 Å². The maximum absolute atomic E-state index is 12.7. The third kappa shape index (κ3) is 21.6. The van der Waals surface area contributed by atoms with Crippen LogP contribution in [0.15, 0.2) is 303 Å². The Hall–Kier alpha value is -8.44. The van der Waals surface area contributed by atoms with E-state index in [1.54, 1.807) is 0 Å². The van der Waals surface area contributed by atoms with Gasteiger partial charge in [-0.15, -0.1) is 0 Å². The van der Waals surface area contributed by atoms with Crippen molar-refractivity contribution >= 4 is 0 Å². The van der Waals surface area contributed by atoms with Crippen LogP contribution in [-0.2, 0) is 137 Å². The van der Waals surface area contributed by atoms with Gasteiger partial charge in [-0.25, -0.2) is 0 Å². The Morgan fingerprint density at radius 2 is 0.404 bits per heavy atom. The summed E-state index contributed by atoms with van der Waals surface area (Å²) in [6, 6.07) is 99.3. The van der Waals surface area contributed by atoms with Crippen molar-refractivity contribution in [2.24, 2.45) is 0 Å². The second-order valence-electron chi connectivity index (χ2n) is 26.2.